The summed E-state index contributed by atoms with van der Waals surface area (Å²) >= 11 is 3.40. The molecule has 0 radical (unpaired) electrons. The van der Waals surface area contributed by atoms with E-state index >= 15 is 0 Å². The van der Waals surface area contributed by atoms with E-state index in [4.69, 9.17) is 5.11 Å². The smallest absolute Gasteiger partial charge is 0.305 e. The van der Waals surface area contributed by atoms with E-state index in [1.54, 1.807) is 0 Å². The minimum Gasteiger partial charge on any atom is -0.481 e. The quantitative estimate of drug-likeness (QED) is 0.800. The van der Waals surface area contributed by atoms with Gasteiger partial charge in [-0.25, -0.2) is 0 Å². The molecule has 1 amide bonds. The molecule has 0 aliphatic carbocycles. The van der Waals surface area contributed by atoms with Gasteiger partial charge >= 0.3 is 5.97 Å². The number of nitrogens with one attached hydrogen (secondary N) is 1. The molecule has 0 aliphatic rings. The van der Waals surface area contributed by atoms with E-state index in [9.17, 15) is 9.59 Å². The monoisotopic (exact) mass is 341 g/mol. The van der Waals surface area contributed by atoms with Crippen LogP contribution < -0.4 is 5.32 Å². The first-order valence-corrected chi connectivity index (χ1v) is 7.48. The highest BCUT2D eigenvalue weighted by Crippen LogP contribution is 2.21. The number of rotatable bonds is 7. The van der Waals surface area contributed by atoms with Crippen LogP contribution in [0.15, 0.2) is 28.7 Å². The van der Waals surface area contributed by atoms with Gasteiger partial charge in [0.2, 0.25) is 5.91 Å². The molecule has 0 heterocycles. The van der Waals surface area contributed by atoms with Crippen LogP contribution in [0.1, 0.15) is 38.7 Å². The maximum absolute atomic E-state index is 12.2. The lowest BCUT2D eigenvalue weighted by Gasteiger charge is -2.31. The molecule has 2 N–H and O–H groups in total. The van der Waals surface area contributed by atoms with E-state index < -0.39 is 11.5 Å². The number of hydrogen-bond acceptors (Lipinski definition) is 2. The standard InChI is InChI=1S/C15H20BrNO3/c1-3-15(4-2,10-14(19)20)17-13(18)9-11-7-5-6-8-12(11)16/h5-8H,3-4,9-10H2,1-2H3,(H,17,18)(H,19,20). The van der Waals surface area contributed by atoms with Gasteiger partial charge in [0.05, 0.1) is 12.8 Å². The van der Waals surface area contributed by atoms with Crippen LogP contribution in [0.5, 0.6) is 0 Å². The lowest BCUT2D eigenvalue weighted by atomic mass is 9.88. The van der Waals surface area contributed by atoms with E-state index in [0.29, 0.717) is 12.8 Å². The summed E-state index contributed by atoms with van der Waals surface area (Å²) in [6.07, 6.45) is 1.37. The number of carbonyl (C=O) groups is 2. The lowest BCUT2D eigenvalue weighted by molar-refractivity contribution is -0.139. The second-order valence-corrected chi connectivity index (χ2v) is 5.73. The number of aliphatic carboxylic acids is 1. The molecular weight excluding hydrogens is 322 g/mol. The van der Waals surface area contributed by atoms with Crippen LogP contribution in [-0.2, 0) is 16.0 Å². The van der Waals surface area contributed by atoms with Crippen LogP contribution in [0.4, 0.5) is 0 Å². The van der Waals surface area contributed by atoms with E-state index in [2.05, 4.69) is 21.2 Å². The van der Waals surface area contributed by atoms with Crippen molar-refractivity contribution in [3.05, 3.63) is 34.3 Å². The van der Waals surface area contributed by atoms with Gasteiger partial charge in [-0.05, 0) is 24.5 Å². The highest BCUT2D eigenvalue weighted by atomic mass is 79.9. The van der Waals surface area contributed by atoms with E-state index in [0.717, 1.165) is 10.0 Å². The largest absolute Gasteiger partial charge is 0.481 e. The molecule has 110 valence electrons. The van der Waals surface area contributed by atoms with Crippen molar-refractivity contribution in [3.63, 3.8) is 0 Å². The first-order chi connectivity index (χ1) is 9.42. The number of carbonyl (C=O) groups excluding carboxylic acids is 1. The number of amides is 1. The summed E-state index contributed by atoms with van der Waals surface area (Å²) in [6.45, 7) is 3.79. The first kappa shape index (κ1) is 16.7. The van der Waals surface area contributed by atoms with Crippen molar-refractivity contribution in [2.24, 2.45) is 0 Å². The molecule has 0 fully saturated rings. The van der Waals surface area contributed by atoms with Crippen LogP contribution in [0.3, 0.4) is 0 Å². The summed E-state index contributed by atoms with van der Waals surface area (Å²) in [5, 5.41) is 11.9. The number of benzene rings is 1. The van der Waals surface area contributed by atoms with Gasteiger partial charge in [-0.1, -0.05) is 48.0 Å². The van der Waals surface area contributed by atoms with Crippen molar-refractivity contribution in [1.29, 1.82) is 0 Å². The van der Waals surface area contributed by atoms with Gasteiger partial charge in [0.1, 0.15) is 0 Å². The Morgan fingerprint density at radius 2 is 1.85 bits per heavy atom. The third-order valence-electron chi connectivity index (χ3n) is 3.56. The second kappa shape index (κ2) is 7.43. The minimum absolute atomic E-state index is 0.0539. The molecule has 0 saturated heterocycles. The van der Waals surface area contributed by atoms with Gasteiger partial charge in [0, 0.05) is 10.0 Å². The van der Waals surface area contributed by atoms with Crippen molar-refractivity contribution < 1.29 is 14.7 Å². The van der Waals surface area contributed by atoms with Crippen molar-refractivity contribution in [3.8, 4) is 0 Å². The zero-order valence-corrected chi connectivity index (χ0v) is 13.4. The van der Waals surface area contributed by atoms with Gasteiger partial charge in [0.25, 0.3) is 0 Å². The molecule has 20 heavy (non-hydrogen) atoms. The van der Waals surface area contributed by atoms with Crippen LogP contribution in [0, 0.1) is 0 Å². The SMILES string of the molecule is CCC(CC)(CC(=O)O)NC(=O)Cc1ccccc1Br. The van der Waals surface area contributed by atoms with Crippen molar-refractivity contribution in [2.75, 3.05) is 0 Å². The summed E-state index contributed by atoms with van der Waals surface area (Å²) in [7, 11) is 0. The minimum atomic E-state index is -0.894. The summed E-state index contributed by atoms with van der Waals surface area (Å²) in [5.41, 5.74) is 0.228. The Balaban J connectivity index is 2.77. The molecule has 0 bridgehead atoms. The van der Waals surface area contributed by atoms with Crippen LogP contribution in [0.25, 0.3) is 0 Å². The zero-order valence-electron chi connectivity index (χ0n) is 11.8. The zero-order chi connectivity index (χ0) is 15.2. The van der Waals surface area contributed by atoms with E-state index in [1.807, 2.05) is 38.1 Å². The maximum atomic E-state index is 12.2. The summed E-state index contributed by atoms with van der Waals surface area (Å²) in [6, 6.07) is 7.52. The van der Waals surface area contributed by atoms with E-state index in [-0.39, 0.29) is 18.7 Å². The average molecular weight is 342 g/mol. The number of carboxylic acids is 1. The average Bonchev–Trinajstić information content (AvgIpc) is 2.40. The maximum Gasteiger partial charge on any atom is 0.305 e. The van der Waals surface area contributed by atoms with Crippen molar-refractivity contribution in [1.82, 2.24) is 5.32 Å². The summed E-state index contributed by atoms with van der Waals surface area (Å²) in [4.78, 5) is 23.1. The summed E-state index contributed by atoms with van der Waals surface area (Å²) < 4.78 is 0.881. The Hall–Kier alpha value is -1.36. The molecular formula is C15H20BrNO3. The Labute approximate surface area is 127 Å². The van der Waals surface area contributed by atoms with E-state index in [1.165, 1.54) is 0 Å². The molecule has 1 aromatic rings. The molecule has 4 nitrogen and oxygen atoms in total. The third kappa shape index (κ3) is 4.63. The first-order valence-electron chi connectivity index (χ1n) is 6.68. The number of carboxylic acid groups (broad SMARTS) is 1. The second-order valence-electron chi connectivity index (χ2n) is 4.87. The molecule has 0 aliphatic heterocycles. The van der Waals surface area contributed by atoms with Crippen molar-refractivity contribution >= 4 is 27.8 Å². The predicted octanol–water partition coefficient (Wildman–Crippen LogP) is 3.14. The predicted molar refractivity (Wildman–Crippen MR) is 81.6 cm³/mol. The fourth-order valence-corrected chi connectivity index (χ4v) is 2.59. The van der Waals surface area contributed by atoms with Crippen LogP contribution >= 0.6 is 15.9 Å². The number of hydrogen-bond donors (Lipinski definition) is 2. The Morgan fingerprint density at radius 3 is 2.35 bits per heavy atom. The molecule has 0 unspecified atom stereocenters. The van der Waals surface area contributed by atoms with Gasteiger partial charge in [-0.3, -0.25) is 9.59 Å². The van der Waals surface area contributed by atoms with Gasteiger partial charge in [0.15, 0.2) is 0 Å². The fraction of sp³-hybridized carbons (Fsp3) is 0.467. The molecule has 0 aromatic heterocycles. The Bertz CT molecular complexity index is 484. The topological polar surface area (TPSA) is 66.4 Å². The highest BCUT2D eigenvalue weighted by Gasteiger charge is 2.30. The normalized spacial score (nSPS) is 11.2. The van der Waals surface area contributed by atoms with Gasteiger partial charge < -0.3 is 10.4 Å². The Kier molecular flexibility index (Phi) is 6.20. The molecule has 1 rings (SSSR count). The molecule has 0 saturated carbocycles. The molecule has 0 spiro atoms. The Morgan fingerprint density at radius 1 is 1.25 bits per heavy atom. The third-order valence-corrected chi connectivity index (χ3v) is 4.33. The highest BCUT2D eigenvalue weighted by molar-refractivity contribution is 9.10. The fourth-order valence-electron chi connectivity index (χ4n) is 2.17. The molecule has 0 atom stereocenters. The van der Waals surface area contributed by atoms with Crippen molar-refractivity contribution in [2.45, 2.75) is 45.1 Å². The van der Waals surface area contributed by atoms with Crippen LogP contribution in [0.2, 0.25) is 0 Å². The van der Waals surface area contributed by atoms with Gasteiger partial charge in [-0.15, -0.1) is 0 Å². The number of halogens is 1. The lowest BCUT2D eigenvalue weighted by Crippen LogP contribution is -2.49. The van der Waals surface area contributed by atoms with Crippen LogP contribution in [-0.4, -0.2) is 22.5 Å². The van der Waals surface area contributed by atoms with Gasteiger partial charge in [-0.2, -0.15) is 0 Å². The summed E-state index contributed by atoms with van der Waals surface area (Å²) in [5.74, 6) is -1.04. The molecule has 1 aromatic carbocycles. The molecule has 5 heteroatoms.